The van der Waals surface area contributed by atoms with Crippen molar-refractivity contribution >= 4 is 11.8 Å². The molecule has 6 heteroatoms. The molecule has 0 aromatic carbocycles. The Hall–Kier alpha value is -1.14. The van der Waals surface area contributed by atoms with Gasteiger partial charge in [0.15, 0.2) is 11.8 Å². The molecule has 0 spiro atoms. The van der Waals surface area contributed by atoms with E-state index in [0.717, 1.165) is 11.8 Å². The molecule has 3 rings (SSSR count). The predicted molar refractivity (Wildman–Crippen MR) is 115 cm³/mol. The molecule has 2 heterocycles. The molecule has 0 amide bonds. The quantitative estimate of drug-likeness (QED) is 0.726. The minimum atomic E-state index is -0.258. The Balaban J connectivity index is 1.54. The summed E-state index contributed by atoms with van der Waals surface area (Å²) in [6.07, 6.45) is 4.86. The summed E-state index contributed by atoms with van der Waals surface area (Å²) in [5.41, 5.74) is -0.894. The molecule has 3 aliphatic rings. The summed E-state index contributed by atoms with van der Waals surface area (Å²) in [7, 11) is 0. The van der Waals surface area contributed by atoms with E-state index < -0.39 is 0 Å². The lowest BCUT2D eigenvalue weighted by atomic mass is 9.87. The standard InChI is InChI=1S/C22H40N4O2/c1-19(2)21(5,6)27-17(25-19)13-23-15-11-9-10-12-16(15)24-14-18-26-20(3,4)22(7,8)28-18/h15-16,23-24H,9-14H2,1-8H3. The van der Waals surface area contributed by atoms with E-state index >= 15 is 0 Å². The molecular weight excluding hydrogens is 352 g/mol. The van der Waals surface area contributed by atoms with E-state index in [0.29, 0.717) is 25.2 Å². The summed E-state index contributed by atoms with van der Waals surface area (Å²) in [5, 5.41) is 7.40. The fourth-order valence-electron chi connectivity index (χ4n) is 3.98. The van der Waals surface area contributed by atoms with Gasteiger partial charge in [0.25, 0.3) is 0 Å². The third kappa shape index (κ3) is 4.23. The number of hydrogen-bond acceptors (Lipinski definition) is 6. The maximum atomic E-state index is 6.11. The van der Waals surface area contributed by atoms with Crippen LogP contribution in [0.15, 0.2) is 9.98 Å². The number of hydrogen-bond donors (Lipinski definition) is 2. The molecule has 2 atom stereocenters. The molecule has 0 radical (unpaired) electrons. The zero-order chi connectivity index (χ0) is 20.8. The molecule has 0 saturated heterocycles. The Morgan fingerprint density at radius 1 is 0.714 bits per heavy atom. The van der Waals surface area contributed by atoms with Gasteiger partial charge in [-0.3, -0.25) is 0 Å². The van der Waals surface area contributed by atoms with Crippen molar-refractivity contribution in [3.8, 4) is 0 Å². The molecule has 6 nitrogen and oxygen atoms in total. The van der Waals surface area contributed by atoms with E-state index in [4.69, 9.17) is 19.5 Å². The average Bonchev–Trinajstić information content (AvgIpc) is 2.90. The van der Waals surface area contributed by atoms with Crippen LogP contribution in [-0.2, 0) is 9.47 Å². The normalized spacial score (nSPS) is 32.3. The van der Waals surface area contributed by atoms with Crippen molar-refractivity contribution in [2.24, 2.45) is 9.98 Å². The first-order valence-corrected chi connectivity index (χ1v) is 10.9. The number of nitrogens with one attached hydrogen (secondary N) is 2. The maximum absolute atomic E-state index is 6.11. The Labute approximate surface area is 171 Å². The SMILES string of the molecule is CC1(C)N=C(CNC2CCCCC2NCC2=NC(C)(C)C(C)(C)O2)OC1(C)C. The van der Waals surface area contributed by atoms with Gasteiger partial charge < -0.3 is 20.1 Å². The lowest BCUT2D eigenvalue weighted by molar-refractivity contribution is 0.0585. The van der Waals surface area contributed by atoms with Gasteiger partial charge in [-0.05, 0) is 68.2 Å². The second kappa shape index (κ2) is 7.28. The van der Waals surface area contributed by atoms with E-state index in [2.05, 4.69) is 66.0 Å². The molecule has 2 aliphatic heterocycles. The van der Waals surface area contributed by atoms with Crippen LogP contribution in [0, 0.1) is 0 Å². The van der Waals surface area contributed by atoms with Crippen molar-refractivity contribution in [3.05, 3.63) is 0 Å². The van der Waals surface area contributed by atoms with Crippen molar-refractivity contribution in [2.75, 3.05) is 13.1 Å². The van der Waals surface area contributed by atoms with Crippen molar-refractivity contribution < 1.29 is 9.47 Å². The van der Waals surface area contributed by atoms with E-state index in [-0.39, 0.29) is 22.3 Å². The lowest BCUT2D eigenvalue weighted by Crippen LogP contribution is -2.52. The van der Waals surface area contributed by atoms with Gasteiger partial charge in [0.2, 0.25) is 0 Å². The number of rotatable bonds is 6. The molecule has 28 heavy (non-hydrogen) atoms. The van der Waals surface area contributed by atoms with Crippen molar-refractivity contribution in [2.45, 2.75) is 115 Å². The van der Waals surface area contributed by atoms with Crippen LogP contribution < -0.4 is 10.6 Å². The molecule has 0 bridgehead atoms. The summed E-state index contributed by atoms with van der Waals surface area (Å²) in [5.74, 6) is 1.65. The van der Waals surface area contributed by atoms with Gasteiger partial charge >= 0.3 is 0 Å². The number of nitrogens with zero attached hydrogens (tertiary/aromatic N) is 2. The molecule has 1 saturated carbocycles. The number of aliphatic imine (C=N–C) groups is 2. The highest BCUT2D eigenvalue weighted by molar-refractivity contribution is 5.81. The maximum Gasteiger partial charge on any atom is 0.198 e. The molecule has 2 unspecified atom stereocenters. The van der Waals surface area contributed by atoms with E-state index in [1.54, 1.807) is 0 Å². The Morgan fingerprint density at radius 2 is 1.07 bits per heavy atom. The second-order valence-corrected chi connectivity index (χ2v) is 10.6. The minimum Gasteiger partial charge on any atom is -0.471 e. The van der Waals surface area contributed by atoms with E-state index in [1.165, 1.54) is 25.7 Å². The molecule has 160 valence electrons. The second-order valence-electron chi connectivity index (χ2n) is 10.6. The van der Waals surface area contributed by atoms with Crippen LogP contribution in [0.1, 0.15) is 81.1 Å². The summed E-state index contributed by atoms with van der Waals surface area (Å²) in [6.45, 7) is 18.4. The minimum absolute atomic E-state index is 0.189. The predicted octanol–water partition coefficient (Wildman–Crippen LogP) is 3.45. The van der Waals surface area contributed by atoms with Crippen LogP contribution in [0.4, 0.5) is 0 Å². The zero-order valence-corrected chi connectivity index (χ0v) is 19.1. The Bertz CT molecular complexity index is 593. The Morgan fingerprint density at radius 3 is 1.36 bits per heavy atom. The zero-order valence-electron chi connectivity index (χ0n) is 19.1. The monoisotopic (exact) mass is 392 g/mol. The van der Waals surface area contributed by atoms with Gasteiger partial charge in [-0.25, -0.2) is 9.98 Å². The highest BCUT2D eigenvalue weighted by Crippen LogP contribution is 2.35. The largest absolute Gasteiger partial charge is 0.471 e. The van der Waals surface area contributed by atoms with Gasteiger partial charge in [-0.1, -0.05) is 12.8 Å². The fourth-order valence-corrected chi connectivity index (χ4v) is 3.98. The molecule has 0 aromatic heterocycles. The summed E-state index contributed by atoms with van der Waals surface area (Å²) in [6, 6.07) is 0.824. The van der Waals surface area contributed by atoms with Crippen LogP contribution >= 0.6 is 0 Å². The summed E-state index contributed by atoms with van der Waals surface area (Å²) in [4.78, 5) is 9.59. The van der Waals surface area contributed by atoms with Gasteiger partial charge in [0.1, 0.15) is 11.2 Å². The highest BCUT2D eigenvalue weighted by Gasteiger charge is 2.46. The molecule has 1 aliphatic carbocycles. The topological polar surface area (TPSA) is 67.2 Å². The molecule has 2 N–H and O–H groups in total. The van der Waals surface area contributed by atoms with Crippen molar-refractivity contribution in [3.63, 3.8) is 0 Å². The first-order chi connectivity index (χ1) is 12.8. The van der Waals surface area contributed by atoms with Crippen LogP contribution in [0.2, 0.25) is 0 Å². The van der Waals surface area contributed by atoms with Crippen LogP contribution in [0.25, 0.3) is 0 Å². The fraction of sp³-hybridized carbons (Fsp3) is 0.909. The third-order valence-electron chi connectivity index (χ3n) is 7.30. The average molecular weight is 393 g/mol. The van der Waals surface area contributed by atoms with Gasteiger partial charge in [-0.2, -0.15) is 0 Å². The molecule has 0 aromatic rings. The molecule has 1 fully saturated rings. The Kier molecular flexibility index (Phi) is 5.61. The van der Waals surface area contributed by atoms with E-state index in [9.17, 15) is 0 Å². The summed E-state index contributed by atoms with van der Waals surface area (Å²) < 4.78 is 12.2. The van der Waals surface area contributed by atoms with Crippen LogP contribution in [0.5, 0.6) is 0 Å². The highest BCUT2D eigenvalue weighted by atomic mass is 16.5. The number of ether oxygens (including phenoxy) is 2. The first-order valence-electron chi connectivity index (χ1n) is 10.9. The van der Waals surface area contributed by atoms with Gasteiger partial charge in [0.05, 0.1) is 24.2 Å². The van der Waals surface area contributed by atoms with Crippen LogP contribution in [0.3, 0.4) is 0 Å². The van der Waals surface area contributed by atoms with Crippen molar-refractivity contribution in [1.29, 1.82) is 0 Å². The summed E-state index contributed by atoms with van der Waals surface area (Å²) >= 11 is 0. The smallest absolute Gasteiger partial charge is 0.198 e. The van der Waals surface area contributed by atoms with Crippen molar-refractivity contribution in [1.82, 2.24) is 10.6 Å². The lowest BCUT2D eigenvalue weighted by Gasteiger charge is -2.34. The first kappa shape index (κ1) is 21.6. The van der Waals surface area contributed by atoms with Gasteiger partial charge in [-0.15, -0.1) is 0 Å². The van der Waals surface area contributed by atoms with Crippen LogP contribution in [-0.4, -0.2) is 59.2 Å². The van der Waals surface area contributed by atoms with E-state index in [1.807, 2.05) is 0 Å². The molecular formula is C22H40N4O2. The van der Waals surface area contributed by atoms with Gasteiger partial charge in [0, 0.05) is 12.1 Å². The third-order valence-corrected chi connectivity index (χ3v) is 7.30.